The number of ether oxygens (including phenoxy) is 1. The van der Waals surface area contributed by atoms with Crippen molar-refractivity contribution >= 4 is 35.6 Å². The Labute approximate surface area is 195 Å². The molecule has 0 amide bonds. The van der Waals surface area contributed by atoms with E-state index in [-0.39, 0.29) is 36.1 Å². The first kappa shape index (κ1) is 25.1. The van der Waals surface area contributed by atoms with Gasteiger partial charge in [-0.3, -0.25) is 9.89 Å². The molecule has 2 N–H and O–H groups in total. The second-order valence-electron chi connectivity index (χ2n) is 8.27. The average molecular weight is 537 g/mol. The summed E-state index contributed by atoms with van der Waals surface area (Å²) in [5.41, 5.74) is 0.444. The Morgan fingerprint density at radius 2 is 2.07 bits per heavy atom. The first-order valence-corrected chi connectivity index (χ1v) is 10.5. The van der Waals surface area contributed by atoms with Crippen molar-refractivity contribution in [3.8, 4) is 0 Å². The van der Waals surface area contributed by atoms with E-state index in [1.165, 1.54) is 12.1 Å². The van der Waals surface area contributed by atoms with Crippen LogP contribution in [0, 0.1) is 17.6 Å². The van der Waals surface area contributed by atoms with Crippen LogP contribution in [0.15, 0.2) is 23.2 Å². The van der Waals surface area contributed by atoms with Crippen LogP contribution in [-0.2, 0) is 4.74 Å². The molecule has 2 atom stereocenters. The van der Waals surface area contributed by atoms with Crippen LogP contribution in [0.2, 0.25) is 0 Å². The third-order valence-electron chi connectivity index (χ3n) is 5.35. The van der Waals surface area contributed by atoms with Crippen molar-refractivity contribution in [1.29, 1.82) is 0 Å². The summed E-state index contributed by atoms with van der Waals surface area (Å²) >= 11 is 0. The summed E-state index contributed by atoms with van der Waals surface area (Å²) < 4.78 is 33.1. The number of nitrogens with one attached hydrogen (secondary N) is 2. The van der Waals surface area contributed by atoms with Gasteiger partial charge in [0.15, 0.2) is 5.96 Å². The van der Waals surface area contributed by atoms with Crippen LogP contribution >= 0.6 is 24.0 Å². The summed E-state index contributed by atoms with van der Waals surface area (Å²) in [6, 6.07) is 3.88. The second-order valence-corrected chi connectivity index (χ2v) is 8.27. The van der Waals surface area contributed by atoms with Crippen LogP contribution in [0.3, 0.4) is 0 Å². The summed E-state index contributed by atoms with van der Waals surface area (Å²) in [5.74, 6) is 0.295. The van der Waals surface area contributed by atoms with Crippen LogP contribution in [0.5, 0.6) is 0 Å². The van der Waals surface area contributed by atoms with Gasteiger partial charge in [0.2, 0.25) is 0 Å². The SMILES string of the molecule is CN=C(NCC1CN(CC(C)C)CCO1)NC1CCN(c2ccc(F)cc2F)C1.I. The Morgan fingerprint density at radius 3 is 2.77 bits per heavy atom. The van der Waals surface area contributed by atoms with Crippen LogP contribution < -0.4 is 15.5 Å². The van der Waals surface area contributed by atoms with Gasteiger partial charge >= 0.3 is 0 Å². The van der Waals surface area contributed by atoms with E-state index < -0.39 is 11.6 Å². The maximum absolute atomic E-state index is 14.0. The molecular formula is C21H34F2IN5O. The molecule has 0 radical (unpaired) electrons. The van der Waals surface area contributed by atoms with Gasteiger partial charge in [0.25, 0.3) is 0 Å². The molecule has 2 heterocycles. The Bertz CT molecular complexity index is 706. The average Bonchev–Trinajstić information content (AvgIpc) is 3.13. The number of guanidine groups is 1. The first-order valence-electron chi connectivity index (χ1n) is 10.5. The predicted molar refractivity (Wildman–Crippen MR) is 128 cm³/mol. The highest BCUT2D eigenvalue weighted by Crippen LogP contribution is 2.24. The topological polar surface area (TPSA) is 52.1 Å². The van der Waals surface area contributed by atoms with Crippen LogP contribution in [-0.4, -0.2) is 75.9 Å². The summed E-state index contributed by atoms with van der Waals surface area (Å²) in [6.07, 6.45) is 0.994. The van der Waals surface area contributed by atoms with E-state index in [1.54, 1.807) is 7.05 Å². The van der Waals surface area contributed by atoms with E-state index in [1.807, 2.05) is 4.90 Å². The minimum atomic E-state index is -0.554. The van der Waals surface area contributed by atoms with Crippen molar-refractivity contribution in [2.75, 3.05) is 57.8 Å². The molecular weight excluding hydrogens is 503 g/mol. The predicted octanol–water partition coefficient (Wildman–Crippen LogP) is 2.68. The molecule has 2 unspecified atom stereocenters. The van der Waals surface area contributed by atoms with Crippen molar-refractivity contribution in [3.63, 3.8) is 0 Å². The van der Waals surface area contributed by atoms with E-state index in [4.69, 9.17) is 4.74 Å². The molecule has 9 heteroatoms. The van der Waals surface area contributed by atoms with Gasteiger partial charge in [-0.05, 0) is 24.5 Å². The molecule has 1 aromatic rings. The maximum atomic E-state index is 14.0. The normalized spacial score (nSPS) is 22.9. The molecule has 6 nitrogen and oxygen atoms in total. The van der Waals surface area contributed by atoms with Crippen molar-refractivity contribution in [1.82, 2.24) is 15.5 Å². The Morgan fingerprint density at radius 1 is 1.27 bits per heavy atom. The molecule has 0 aliphatic carbocycles. The van der Waals surface area contributed by atoms with Crippen molar-refractivity contribution in [2.45, 2.75) is 32.4 Å². The fraction of sp³-hybridized carbons (Fsp3) is 0.667. The Balaban J connectivity index is 0.00000320. The lowest BCUT2D eigenvalue weighted by atomic mass is 10.2. The Hall–Kier alpha value is -1.20. The fourth-order valence-corrected chi connectivity index (χ4v) is 4.02. The number of hydrogen-bond donors (Lipinski definition) is 2. The highest BCUT2D eigenvalue weighted by atomic mass is 127. The van der Waals surface area contributed by atoms with Gasteiger partial charge in [0.05, 0.1) is 18.4 Å². The number of rotatable bonds is 6. The molecule has 0 spiro atoms. The lowest BCUT2D eigenvalue weighted by Gasteiger charge is -2.34. The monoisotopic (exact) mass is 537 g/mol. The largest absolute Gasteiger partial charge is 0.374 e. The number of hydrogen-bond acceptors (Lipinski definition) is 4. The zero-order valence-corrected chi connectivity index (χ0v) is 20.4. The number of aliphatic imine (C=N–C) groups is 1. The van der Waals surface area contributed by atoms with Crippen molar-refractivity contribution in [3.05, 3.63) is 29.8 Å². The van der Waals surface area contributed by atoms with E-state index in [0.717, 1.165) is 44.7 Å². The summed E-state index contributed by atoms with van der Waals surface area (Å²) in [5, 5.41) is 6.77. The first-order chi connectivity index (χ1) is 13.9. The lowest BCUT2D eigenvalue weighted by molar-refractivity contribution is -0.0284. The van der Waals surface area contributed by atoms with Crippen LogP contribution in [0.1, 0.15) is 20.3 Å². The van der Waals surface area contributed by atoms with Gasteiger partial charge in [0, 0.05) is 58.4 Å². The zero-order chi connectivity index (χ0) is 20.8. The highest BCUT2D eigenvalue weighted by molar-refractivity contribution is 14.0. The molecule has 2 aliphatic rings. The quantitative estimate of drug-likeness (QED) is 0.332. The minimum absolute atomic E-state index is 0. The molecule has 30 heavy (non-hydrogen) atoms. The van der Waals surface area contributed by atoms with Crippen LogP contribution in [0.4, 0.5) is 14.5 Å². The molecule has 2 aliphatic heterocycles. The van der Waals surface area contributed by atoms with E-state index in [9.17, 15) is 8.78 Å². The zero-order valence-electron chi connectivity index (χ0n) is 18.0. The van der Waals surface area contributed by atoms with Gasteiger partial charge in [-0.2, -0.15) is 0 Å². The van der Waals surface area contributed by atoms with Crippen molar-refractivity contribution in [2.24, 2.45) is 10.9 Å². The number of halogens is 3. The summed E-state index contributed by atoms with van der Waals surface area (Å²) in [4.78, 5) is 8.70. The fourth-order valence-electron chi connectivity index (χ4n) is 4.02. The van der Waals surface area contributed by atoms with Crippen molar-refractivity contribution < 1.29 is 13.5 Å². The standard InChI is InChI=1S/C21H33F2N5O.HI/c1-15(2)12-27-8-9-29-18(14-27)11-25-21(24-3)26-17-6-7-28(13-17)20-5-4-16(22)10-19(20)23;/h4-5,10,15,17-18H,6-9,11-14H2,1-3H3,(H2,24,25,26);1H. The molecule has 0 bridgehead atoms. The van der Waals surface area contributed by atoms with E-state index >= 15 is 0 Å². The van der Waals surface area contributed by atoms with Gasteiger partial charge in [0.1, 0.15) is 11.6 Å². The summed E-state index contributed by atoms with van der Waals surface area (Å²) in [6.45, 7) is 10.3. The third-order valence-corrected chi connectivity index (χ3v) is 5.35. The Kier molecular flexibility index (Phi) is 10.0. The smallest absolute Gasteiger partial charge is 0.191 e. The third kappa shape index (κ3) is 7.19. The summed E-state index contributed by atoms with van der Waals surface area (Å²) in [7, 11) is 1.74. The number of anilines is 1. The number of nitrogens with zero attached hydrogens (tertiary/aromatic N) is 3. The molecule has 0 saturated carbocycles. The molecule has 0 aromatic heterocycles. The van der Waals surface area contributed by atoms with E-state index in [2.05, 4.69) is 34.4 Å². The second kappa shape index (κ2) is 12.0. The minimum Gasteiger partial charge on any atom is -0.374 e. The lowest BCUT2D eigenvalue weighted by Crippen LogP contribution is -2.51. The van der Waals surface area contributed by atoms with Gasteiger partial charge in [-0.25, -0.2) is 8.78 Å². The van der Waals surface area contributed by atoms with Crippen LogP contribution in [0.25, 0.3) is 0 Å². The molecule has 2 saturated heterocycles. The number of morpholine rings is 1. The maximum Gasteiger partial charge on any atom is 0.191 e. The molecule has 2 fully saturated rings. The molecule has 3 rings (SSSR count). The van der Waals surface area contributed by atoms with E-state index in [0.29, 0.717) is 31.2 Å². The van der Waals surface area contributed by atoms with Gasteiger partial charge in [-0.1, -0.05) is 13.8 Å². The highest BCUT2D eigenvalue weighted by Gasteiger charge is 2.26. The molecule has 170 valence electrons. The van der Waals surface area contributed by atoms with Gasteiger partial charge < -0.3 is 20.3 Å². The molecule has 1 aromatic carbocycles. The van der Waals surface area contributed by atoms with Gasteiger partial charge in [-0.15, -0.1) is 24.0 Å². The number of benzene rings is 1.